The van der Waals surface area contributed by atoms with Crippen molar-refractivity contribution >= 4 is 21.6 Å². The van der Waals surface area contributed by atoms with E-state index < -0.39 is 0 Å². The summed E-state index contributed by atoms with van der Waals surface area (Å²) in [7, 11) is 4.05. The van der Waals surface area contributed by atoms with E-state index in [2.05, 4.69) is 123 Å². The van der Waals surface area contributed by atoms with Gasteiger partial charge in [0.25, 0.3) is 0 Å². The average Bonchev–Trinajstić information content (AvgIpc) is 2.88. The average molecular weight is 455 g/mol. The van der Waals surface area contributed by atoms with E-state index in [9.17, 15) is 0 Å². The Morgan fingerprint density at radius 2 is 0.844 bits per heavy atom. The molecule has 0 saturated heterocycles. The molecule has 0 unspecified atom stereocenters. The van der Waals surface area contributed by atoms with Gasteiger partial charge in [-0.05, 0) is 46.2 Å². The van der Waals surface area contributed by atoms with Crippen LogP contribution in [0.2, 0.25) is 0 Å². The SMILES string of the molecule is CC[C@@H](SS[C@H](CC)c1cccc(-c2ccccc2)c1)c1cccc(-c2ccccc2)c1. The van der Waals surface area contributed by atoms with Gasteiger partial charge in [0.15, 0.2) is 0 Å². The van der Waals surface area contributed by atoms with Crippen LogP contribution in [-0.4, -0.2) is 0 Å². The molecule has 0 amide bonds. The molecular weight excluding hydrogens is 424 g/mol. The summed E-state index contributed by atoms with van der Waals surface area (Å²) in [5, 5.41) is 0.963. The molecular formula is C30H30S2. The molecule has 0 spiro atoms. The van der Waals surface area contributed by atoms with Crippen molar-refractivity contribution in [2.45, 2.75) is 37.2 Å². The van der Waals surface area contributed by atoms with Crippen molar-refractivity contribution in [2.75, 3.05) is 0 Å². The highest BCUT2D eigenvalue weighted by Crippen LogP contribution is 2.49. The zero-order chi connectivity index (χ0) is 22.2. The van der Waals surface area contributed by atoms with Gasteiger partial charge in [0.2, 0.25) is 0 Å². The van der Waals surface area contributed by atoms with Crippen molar-refractivity contribution in [3.05, 3.63) is 120 Å². The smallest absolute Gasteiger partial charge is 0.0398 e. The Balaban J connectivity index is 1.49. The van der Waals surface area contributed by atoms with Crippen LogP contribution in [0.1, 0.15) is 48.3 Å². The lowest BCUT2D eigenvalue weighted by Crippen LogP contribution is -1.95. The van der Waals surface area contributed by atoms with Gasteiger partial charge in [0.05, 0.1) is 0 Å². The number of rotatable bonds is 9. The molecule has 2 atom stereocenters. The minimum Gasteiger partial charge on any atom is -0.0853 e. The van der Waals surface area contributed by atoms with E-state index in [-0.39, 0.29) is 0 Å². The van der Waals surface area contributed by atoms with Gasteiger partial charge in [-0.15, -0.1) is 0 Å². The van der Waals surface area contributed by atoms with E-state index >= 15 is 0 Å². The maximum absolute atomic E-state index is 2.37. The van der Waals surface area contributed by atoms with Crippen LogP contribution in [-0.2, 0) is 0 Å². The molecule has 0 aliphatic heterocycles. The van der Waals surface area contributed by atoms with Gasteiger partial charge in [-0.1, -0.05) is 145 Å². The summed E-state index contributed by atoms with van der Waals surface area (Å²) in [5.41, 5.74) is 8.00. The normalized spacial score (nSPS) is 12.9. The molecule has 0 saturated carbocycles. The van der Waals surface area contributed by atoms with Crippen molar-refractivity contribution in [3.63, 3.8) is 0 Å². The summed E-state index contributed by atoms with van der Waals surface area (Å²) >= 11 is 0. The summed E-state index contributed by atoms with van der Waals surface area (Å²) < 4.78 is 0. The maximum Gasteiger partial charge on any atom is 0.0398 e. The highest BCUT2D eigenvalue weighted by molar-refractivity contribution is 8.76. The van der Waals surface area contributed by atoms with Crippen LogP contribution in [0.25, 0.3) is 22.3 Å². The molecule has 162 valence electrons. The van der Waals surface area contributed by atoms with Crippen molar-refractivity contribution in [1.29, 1.82) is 0 Å². The van der Waals surface area contributed by atoms with Crippen LogP contribution < -0.4 is 0 Å². The van der Waals surface area contributed by atoms with Crippen LogP contribution >= 0.6 is 21.6 Å². The molecule has 0 heterocycles. The molecule has 0 radical (unpaired) electrons. The lowest BCUT2D eigenvalue weighted by atomic mass is 10.0. The second-order valence-corrected chi connectivity index (χ2v) is 10.6. The van der Waals surface area contributed by atoms with Gasteiger partial charge >= 0.3 is 0 Å². The first-order chi connectivity index (χ1) is 15.8. The molecule has 0 fully saturated rings. The van der Waals surface area contributed by atoms with Crippen molar-refractivity contribution in [1.82, 2.24) is 0 Å². The van der Waals surface area contributed by atoms with Gasteiger partial charge in [-0.3, -0.25) is 0 Å². The molecule has 32 heavy (non-hydrogen) atoms. The van der Waals surface area contributed by atoms with E-state index in [0.717, 1.165) is 12.8 Å². The van der Waals surface area contributed by atoms with Crippen LogP contribution in [0.3, 0.4) is 0 Å². The zero-order valence-corrected chi connectivity index (χ0v) is 20.4. The van der Waals surface area contributed by atoms with Crippen LogP contribution in [0.4, 0.5) is 0 Å². The Morgan fingerprint density at radius 3 is 1.22 bits per heavy atom. The highest BCUT2D eigenvalue weighted by atomic mass is 33.1. The largest absolute Gasteiger partial charge is 0.0853 e. The predicted molar refractivity (Wildman–Crippen MR) is 145 cm³/mol. The molecule has 0 aliphatic carbocycles. The van der Waals surface area contributed by atoms with Gasteiger partial charge in [0, 0.05) is 10.5 Å². The topological polar surface area (TPSA) is 0 Å². The molecule has 4 aromatic rings. The van der Waals surface area contributed by atoms with E-state index in [0.29, 0.717) is 10.5 Å². The maximum atomic E-state index is 2.37. The van der Waals surface area contributed by atoms with E-state index in [1.807, 2.05) is 21.6 Å². The minimum absolute atomic E-state index is 0.481. The van der Waals surface area contributed by atoms with Crippen LogP contribution in [0.5, 0.6) is 0 Å². The van der Waals surface area contributed by atoms with Gasteiger partial charge in [-0.2, -0.15) is 0 Å². The first kappa shape index (κ1) is 22.8. The molecule has 0 aromatic heterocycles. The number of hydrogen-bond acceptors (Lipinski definition) is 2. The van der Waals surface area contributed by atoms with Gasteiger partial charge < -0.3 is 0 Å². The number of benzene rings is 4. The number of hydrogen-bond donors (Lipinski definition) is 0. The Hall–Kier alpha value is -2.42. The second-order valence-electron chi connectivity index (χ2n) is 7.97. The molecule has 4 rings (SSSR count). The Bertz CT molecular complexity index is 1010. The van der Waals surface area contributed by atoms with Gasteiger partial charge in [0.1, 0.15) is 0 Å². The Morgan fingerprint density at radius 1 is 0.469 bits per heavy atom. The van der Waals surface area contributed by atoms with E-state index in [1.54, 1.807) is 0 Å². The lowest BCUT2D eigenvalue weighted by Gasteiger charge is -2.20. The van der Waals surface area contributed by atoms with Crippen LogP contribution in [0.15, 0.2) is 109 Å². The zero-order valence-electron chi connectivity index (χ0n) is 18.8. The summed E-state index contributed by atoms with van der Waals surface area (Å²) in [5.74, 6) is 0. The third kappa shape index (κ3) is 5.68. The quantitative estimate of drug-likeness (QED) is 0.231. The molecule has 0 aliphatic rings. The monoisotopic (exact) mass is 454 g/mol. The standard InChI is InChI=1S/C30H30S2/c1-3-29(27-19-11-17-25(21-27)23-13-7-5-8-14-23)31-32-30(4-2)28-20-12-18-26(22-28)24-15-9-6-10-16-24/h5-22,29-30H,3-4H2,1-2H3/t29-,30-/m1/s1. The summed E-state index contributed by atoms with van der Waals surface area (Å²) in [4.78, 5) is 0. The fourth-order valence-corrected chi connectivity index (χ4v) is 7.29. The first-order valence-corrected chi connectivity index (χ1v) is 13.7. The summed E-state index contributed by atoms with van der Waals surface area (Å²) in [6.45, 7) is 4.59. The predicted octanol–water partition coefficient (Wildman–Crippen LogP) is 10.0. The molecule has 0 bridgehead atoms. The van der Waals surface area contributed by atoms with Crippen molar-refractivity contribution in [2.24, 2.45) is 0 Å². The fourth-order valence-electron chi connectivity index (χ4n) is 3.95. The van der Waals surface area contributed by atoms with Crippen molar-refractivity contribution in [3.8, 4) is 22.3 Å². The molecule has 0 nitrogen and oxygen atoms in total. The van der Waals surface area contributed by atoms with E-state index in [4.69, 9.17) is 0 Å². The summed E-state index contributed by atoms with van der Waals surface area (Å²) in [6, 6.07) is 39.5. The lowest BCUT2D eigenvalue weighted by molar-refractivity contribution is 0.893. The fraction of sp³-hybridized carbons (Fsp3) is 0.200. The van der Waals surface area contributed by atoms with Crippen molar-refractivity contribution < 1.29 is 0 Å². The van der Waals surface area contributed by atoms with Gasteiger partial charge in [-0.25, -0.2) is 0 Å². The summed E-state index contributed by atoms with van der Waals surface area (Å²) in [6.07, 6.45) is 2.24. The third-order valence-corrected chi connectivity index (χ3v) is 9.27. The third-order valence-electron chi connectivity index (χ3n) is 5.76. The first-order valence-electron chi connectivity index (χ1n) is 11.4. The molecule has 0 N–H and O–H groups in total. The molecule has 2 heteroatoms. The Labute approximate surface area is 200 Å². The Kier molecular flexibility index (Phi) is 8.14. The highest BCUT2D eigenvalue weighted by Gasteiger charge is 2.17. The minimum atomic E-state index is 0.481. The molecule has 4 aromatic carbocycles. The van der Waals surface area contributed by atoms with Crippen LogP contribution in [0, 0.1) is 0 Å². The second kappa shape index (κ2) is 11.4. The van der Waals surface area contributed by atoms with E-state index in [1.165, 1.54) is 33.4 Å².